The van der Waals surface area contributed by atoms with Crippen molar-refractivity contribution >= 4 is 10.9 Å². The Bertz CT molecular complexity index is 460. The number of aromatic nitrogens is 1. The van der Waals surface area contributed by atoms with Crippen LogP contribution in [0.5, 0.6) is 0 Å². The first-order chi connectivity index (χ1) is 7.83. The fourth-order valence-electron chi connectivity index (χ4n) is 1.97. The number of pyridine rings is 1. The molecule has 2 rings (SSSR count). The van der Waals surface area contributed by atoms with E-state index in [1.165, 1.54) is 10.9 Å². The fourth-order valence-corrected chi connectivity index (χ4v) is 1.97. The summed E-state index contributed by atoms with van der Waals surface area (Å²) in [6, 6.07) is 10.8. The molecule has 84 valence electrons. The van der Waals surface area contributed by atoms with Crippen LogP contribution in [0.1, 0.15) is 31.9 Å². The SMILES string of the molecule is CCCNC(C)c1ccnc2ccccc12. The van der Waals surface area contributed by atoms with Gasteiger partial charge in [0.25, 0.3) is 0 Å². The van der Waals surface area contributed by atoms with Gasteiger partial charge < -0.3 is 5.32 Å². The maximum absolute atomic E-state index is 4.38. The molecule has 0 aliphatic rings. The predicted octanol–water partition coefficient (Wildman–Crippen LogP) is 3.30. The average Bonchev–Trinajstić information content (AvgIpc) is 2.35. The molecule has 16 heavy (non-hydrogen) atoms. The van der Waals surface area contributed by atoms with Gasteiger partial charge in [0.15, 0.2) is 0 Å². The van der Waals surface area contributed by atoms with Crippen molar-refractivity contribution in [1.29, 1.82) is 0 Å². The number of benzene rings is 1. The normalized spacial score (nSPS) is 12.9. The predicted molar refractivity (Wildman–Crippen MR) is 68.5 cm³/mol. The van der Waals surface area contributed by atoms with Gasteiger partial charge in [-0.2, -0.15) is 0 Å². The van der Waals surface area contributed by atoms with Crippen molar-refractivity contribution in [1.82, 2.24) is 10.3 Å². The van der Waals surface area contributed by atoms with E-state index < -0.39 is 0 Å². The highest BCUT2D eigenvalue weighted by molar-refractivity contribution is 5.82. The van der Waals surface area contributed by atoms with Crippen molar-refractivity contribution in [3.05, 3.63) is 42.1 Å². The Morgan fingerprint density at radius 2 is 2.06 bits per heavy atom. The molecule has 1 unspecified atom stereocenters. The maximum Gasteiger partial charge on any atom is 0.0705 e. The summed E-state index contributed by atoms with van der Waals surface area (Å²) in [7, 11) is 0. The first kappa shape index (κ1) is 11.1. The van der Waals surface area contributed by atoms with Crippen molar-refractivity contribution in [2.24, 2.45) is 0 Å². The van der Waals surface area contributed by atoms with E-state index in [2.05, 4.69) is 48.4 Å². The third-order valence-electron chi connectivity index (χ3n) is 2.85. The zero-order valence-corrected chi connectivity index (χ0v) is 9.90. The Balaban J connectivity index is 2.36. The lowest BCUT2D eigenvalue weighted by Gasteiger charge is -2.15. The number of fused-ring (bicyclic) bond motifs is 1. The van der Waals surface area contributed by atoms with Crippen molar-refractivity contribution in [3.63, 3.8) is 0 Å². The average molecular weight is 214 g/mol. The lowest BCUT2D eigenvalue weighted by Crippen LogP contribution is -2.19. The second-order valence-electron chi connectivity index (χ2n) is 4.09. The van der Waals surface area contributed by atoms with E-state index in [1.54, 1.807) is 0 Å². The smallest absolute Gasteiger partial charge is 0.0705 e. The summed E-state index contributed by atoms with van der Waals surface area (Å²) in [5.41, 5.74) is 2.41. The summed E-state index contributed by atoms with van der Waals surface area (Å²) >= 11 is 0. The minimum atomic E-state index is 0.382. The summed E-state index contributed by atoms with van der Waals surface area (Å²) in [6.45, 7) is 5.44. The van der Waals surface area contributed by atoms with Gasteiger partial charge in [-0.3, -0.25) is 4.98 Å². The first-order valence-electron chi connectivity index (χ1n) is 5.90. The van der Waals surface area contributed by atoms with Gasteiger partial charge in [-0.1, -0.05) is 25.1 Å². The van der Waals surface area contributed by atoms with Gasteiger partial charge in [0.05, 0.1) is 5.52 Å². The Labute approximate surface area is 96.7 Å². The van der Waals surface area contributed by atoms with Gasteiger partial charge in [-0.05, 0) is 37.6 Å². The number of para-hydroxylation sites is 1. The Hall–Kier alpha value is -1.41. The molecule has 2 nitrogen and oxygen atoms in total. The number of nitrogens with one attached hydrogen (secondary N) is 1. The molecule has 1 aromatic heterocycles. The highest BCUT2D eigenvalue weighted by Gasteiger charge is 2.07. The zero-order valence-electron chi connectivity index (χ0n) is 9.90. The molecular weight excluding hydrogens is 196 g/mol. The van der Waals surface area contributed by atoms with Crippen molar-refractivity contribution in [2.75, 3.05) is 6.54 Å². The molecule has 0 bridgehead atoms. The van der Waals surface area contributed by atoms with E-state index in [0.717, 1.165) is 18.5 Å². The standard InChI is InChI=1S/C14H18N2/c1-3-9-15-11(2)12-8-10-16-14-7-5-4-6-13(12)14/h4-8,10-11,15H,3,9H2,1-2H3. The highest BCUT2D eigenvalue weighted by atomic mass is 14.9. The first-order valence-corrected chi connectivity index (χ1v) is 5.90. The lowest BCUT2D eigenvalue weighted by atomic mass is 10.0. The molecule has 0 fully saturated rings. The van der Waals surface area contributed by atoms with Crippen LogP contribution in [0.15, 0.2) is 36.5 Å². The highest BCUT2D eigenvalue weighted by Crippen LogP contribution is 2.22. The molecule has 1 aromatic carbocycles. The van der Waals surface area contributed by atoms with Crippen LogP contribution >= 0.6 is 0 Å². The third kappa shape index (κ3) is 2.22. The second kappa shape index (κ2) is 5.08. The summed E-state index contributed by atoms with van der Waals surface area (Å²) in [6.07, 6.45) is 3.05. The second-order valence-corrected chi connectivity index (χ2v) is 4.09. The van der Waals surface area contributed by atoms with Gasteiger partial charge in [0, 0.05) is 17.6 Å². The monoisotopic (exact) mass is 214 g/mol. The topological polar surface area (TPSA) is 24.9 Å². The van der Waals surface area contributed by atoms with Crippen LogP contribution in [0.25, 0.3) is 10.9 Å². The molecule has 0 radical (unpaired) electrons. The van der Waals surface area contributed by atoms with E-state index in [1.807, 2.05) is 12.3 Å². The molecule has 0 aliphatic carbocycles. The molecular formula is C14H18N2. The van der Waals surface area contributed by atoms with Crippen molar-refractivity contribution < 1.29 is 0 Å². The Kier molecular flexibility index (Phi) is 3.52. The molecule has 0 saturated heterocycles. The molecule has 0 aliphatic heterocycles. The van der Waals surface area contributed by atoms with Gasteiger partial charge in [-0.25, -0.2) is 0 Å². The molecule has 0 spiro atoms. The van der Waals surface area contributed by atoms with Crippen LogP contribution in [0, 0.1) is 0 Å². The Morgan fingerprint density at radius 1 is 1.25 bits per heavy atom. The van der Waals surface area contributed by atoms with E-state index in [0.29, 0.717) is 6.04 Å². The molecule has 0 saturated carbocycles. The van der Waals surface area contributed by atoms with Crippen LogP contribution in [0.2, 0.25) is 0 Å². The summed E-state index contributed by atoms with van der Waals surface area (Å²) in [5, 5.41) is 4.76. The molecule has 2 heteroatoms. The molecule has 0 amide bonds. The van der Waals surface area contributed by atoms with Crippen LogP contribution in [-0.4, -0.2) is 11.5 Å². The molecule has 1 atom stereocenters. The van der Waals surface area contributed by atoms with Gasteiger partial charge in [0.2, 0.25) is 0 Å². The number of hydrogen-bond donors (Lipinski definition) is 1. The van der Waals surface area contributed by atoms with Gasteiger partial charge in [-0.15, -0.1) is 0 Å². The molecule has 1 N–H and O–H groups in total. The number of nitrogens with zero attached hydrogens (tertiary/aromatic N) is 1. The van der Waals surface area contributed by atoms with Crippen LogP contribution in [-0.2, 0) is 0 Å². The zero-order chi connectivity index (χ0) is 11.4. The maximum atomic E-state index is 4.38. The van der Waals surface area contributed by atoms with Crippen molar-refractivity contribution in [3.8, 4) is 0 Å². The van der Waals surface area contributed by atoms with E-state index >= 15 is 0 Å². The van der Waals surface area contributed by atoms with E-state index in [4.69, 9.17) is 0 Å². The molecule has 1 heterocycles. The fraction of sp³-hybridized carbons (Fsp3) is 0.357. The molecule has 2 aromatic rings. The van der Waals surface area contributed by atoms with Gasteiger partial charge in [0.1, 0.15) is 0 Å². The number of hydrogen-bond acceptors (Lipinski definition) is 2. The van der Waals surface area contributed by atoms with Gasteiger partial charge >= 0.3 is 0 Å². The minimum Gasteiger partial charge on any atom is -0.310 e. The van der Waals surface area contributed by atoms with Crippen LogP contribution in [0.4, 0.5) is 0 Å². The van der Waals surface area contributed by atoms with Crippen molar-refractivity contribution in [2.45, 2.75) is 26.3 Å². The number of rotatable bonds is 4. The van der Waals surface area contributed by atoms with E-state index in [9.17, 15) is 0 Å². The lowest BCUT2D eigenvalue weighted by molar-refractivity contribution is 0.573. The quantitative estimate of drug-likeness (QED) is 0.844. The summed E-state index contributed by atoms with van der Waals surface area (Å²) in [5.74, 6) is 0. The minimum absolute atomic E-state index is 0.382. The summed E-state index contributed by atoms with van der Waals surface area (Å²) < 4.78 is 0. The largest absolute Gasteiger partial charge is 0.310 e. The van der Waals surface area contributed by atoms with Crippen LogP contribution in [0.3, 0.4) is 0 Å². The van der Waals surface area contributed by atoms with E-state index in [-0.39, 0.29) is 0 Å². The Morgan fingerprint density at radius 3 is 2.88 bits per heavy atom. The third-order valence-corrected chi connectivity index (χ3v) is 2.85. The summed E-state index contributed by atoms with van der Waals surface area (Å²) in [4.78, 5) is 4.38. The van der Waals surface area contributed by atoms with Crippen LogP contribution < -0.4 is 5.32 Å².